The molecule has 0 aliphatic carbocycles. The molecule has 0 aromatic carbocycles. The van der Waals surface area contributed by atoms with Gasteiger partial charge in [-0.25, -0.2) is 0 Å². The fourth-order valence-corrected chi connectivity index (χ4v) is 3.59. The van der Waals surface area contributed by atoms with E-state index >= 15 is 0 Å². The second-order valence-corrected chi connectivity index (χ2v) is 7.78. The molecular formula is C14H18IN3O2S. The summed E-state index contributed by atoms with van der Waals surface area (Å²) in [5.74, 6) is -0.114. The molecule has 0 N–H and O–H groups in total. The van der Waals surface area contributed by atoms with Gasteiger partial charge in [0.15, 0.2) is 0 Å². The number of piperazine rings is 1. The molecule has 5 nitrogen and oxygen atoms in total. The highest BCUT2D eigenvalue weighted by atomic mass is 127. The molecular weight excluding hydrogens is 401 g/mol. The maximum absolute atomic E-state index is 12.2. The van der Waals surface area contributed by atoms with Crippen LogP contribution >= 0.6 is 33.9 Å². The van der Waals surface area contributed by atoms with Gasteiger partial charge >= 0.3 is 0 Å². The first-order valence-corrected chi connectivity index (χ1v) is 8.58. The molecule has 1 aromatic heterocycles. The number of thiophene rings is 1. The van der Waals surface area contributed by atoms with Crippen LogP contribution < -0.4 is 4.90 Å². The van der Waals surface area contributed by atoms with Crippen molar-refractivity contribution in [1.82, 2.24) is 9.80 Å². The van der Waals surface area contributed by atoms with Crippen LogP contribution in [-0.4, -0.2) is 61.9 Å². The van der Waals surface area contributed by atoms with E-state index in [9.17, 15) is 9.59 Å². The molecule has 0 unspecified atom stereocenters. The molecule has 2 rings (SSSR count). The predicted octanol–water partition coefficient (Wildman–Crippen LogP) is 1.65. The van der Waals surface area contributed by atoms with E-state index in [1.54, 1.807) is 27.2 Å². The smallest absolute Gasteiger partial charge is 0.246 e. The summed E-state index contributed by atoms with van der Waals surface area (Å²) < 4.78 is 1.10. The zero-order chi connectivity index (χ0) is 15.4. The zero-order valence-electron chi connectivity index (χ0n) is 12.1. The van der Waals surface area contributed by atoms with Gasteiger partial charge in [-0.3, -0.25) is 9.59 Å². The summed E-state index contributed by atoms with van der Waals surface area (Å²) in [6, 6.07) is 1.96. The van der Waals surface area contributed by atoms with Crippen molar-refractivity contribution >= 4 is 51.4 Å². The summed E-state index contributed by atoms with van der Waals surface area (Å²) in [6.45, 7) is 1.99. The van der Waals surface area contributed by atoms with Gasteiger partial charge in [-0.15, -0.1) is 11.3 Å². The molecule has 0 atom stereocenters. The summed E-state index contributed by atoms with van der Waals surface area (Å²) in [5, 5.41) is 1.98. The van der Waals surface area contributed by atoms with E-state index in [0.29, 0.717) is 19.6 Å². The van der Waals surface area contributed by atoms with Crippen LogP contribution in [0.3, 0.4) is 0 Å². The molecule has 114 valence electrons. The van der Waals surface area contributed by atoms with Gasteiger partial charge < -0.3 is 14.7 Å². The number of nitrogens with zero attached hydrogens (tertiary/aromatic N) is 3. The van der Waals surface area contributed by atoms with Gasteiger partial charge in [-0.2, -0.15) is 0 Å². The van der Waals surface area contributed by atoms with Crippen LogP contribution in [0.5, 0.6) is 0 Å². The lowest BCUT2D eigenvalue weighted by molar-refractivity contribution is -0.133. The van der Waals surface area contributed by atoms with Crippen LogP contribution in [0.1, 0.15) is 0 Å². The molecule has 1 aromatic rings. The van der Waals surface area contributed by atoms with Gasteiger partial charge in [0.1, 0.15) is 6.54 Å². The minimum absolute atomic E-state index is 0.0214. The monoisotopic (exact) mass is 419 g/mol. The van der Waals surface area contributed by atoms with Crippen molar-refractivity contribution in [3.8, 4) is 0 Å². The number of hydrogen-bond donors (Lipinski definition) is 0. The number of carbonyl (C=O) groups excluding carboxylic acids is 2. The molecule has 2 amide bonds. The van der Waals surface area contributed by atoms with Crippen molar-refractivity contribution in [2.45, 2.75) is 0 Å². The Hall–Kier alpha value is -0.930. The van der Waals surface area contributed by atoms with E-state index < -0.39 is 0 Å². The Kier molecular flexibility index (Phi) is 5.77. The molecule has 2 heterocycles. The minimum Gasteiger partial charge on any atom is -0.328 e. The Balaban J connectivity index is 1.95. The molecule has 0 bridgehead atoms. The minimum atomic E-state index is -0.0927. The lowest BCUT2D eigenvalue weighted by atomic mass is 10.2. The van der Waals surface area contributed by atoms with Gasteiger partial charge in [0.25, 0.3) is 0 Å². The van der Waals surface area contributed by atoms with Gasteiger partial charge in [0.05, 0.1) is 8.57 Å². The maximum atomic E-state index is 12.2. The number of amides is 2. The lowest BCUT2D eigenvalue weighted by Crippen LogP contribution is -2.52. The topological polar surface area (TPSA) is 43.9 Å². The normalized spacial score (nSPS) is 16.3. The van der Waals surface area contributed by atoms with Gasteiger partial charge in [-0.05, 0) is 48.1 Å². The van der Waals surface area contributed by atoms with Crippen molar-refractivity contribution in [3.63, 3.8) is 0 Å². The molecule has 21 heavy (non-hydrogen) atoms. The summed E-state index contributed by atoms with van der Waals surface area (Å²) >= 11 is 3.86. The summed E-state index contributed by atoms with van der Waals surface area (Å²) in [5.41, 5.74) is 0.959. The highest BCUT2D eigenvalue weighted by Crippen LogP contribution is 2.28. The maximum Gasteiger partial charge on any atom is 0.246 e. The first-order valence-electron chi connectivity index (χ1n) is 6.62. The van der Waals surface area contributed by atoms with Crippen LogP contribution in [0.15, 0.2) is 23.6 Å². The molecule has 0 saturated carbocycles. The van der Waals surface area contributed by atoms with Crippen molar-refractivity contribution in [2.24, 2.45) is 0 Å². The first-order chi connectivity index (χ1) is 9.99. The molecule has 1 aliphatic rings. The largest absolute Gasteiger partial charge is 0.328 e. The zero-order valence-corrected chi connectivity index (χ0v) is 15.1. The summed E-state index contributed by atoms with van der Waals surface area (Å²) in [4.78, 5) is 29.6. The first kappa shape index (κ1) is 16.4. The van der Waals surface area contributed by atoms with Crippen molar-refractivity contribution < 1.29 is 9.59 Å². The van der Waals surface area contributed by atoms with E-state index in [0.717, 1.165) is 8.57 Å². The third-order valence-corrected chi connectivity index (χ3v) is 5.16. The second-order valence-electron chi connectivity index (χ2n) is 5.05. The quantitative estimate of drug-likeness (QED) is 0.551. The van der Waals surface area contributed by atoms with E-state index in [-0.39, 0.29) is 18.4 Å². The van der Waals surface area contributed by atoms with Crippen LogP contribution in [0.4, 0.5) is 5.69 Å². The fourth-order valence-electron chi connectivity index (χ4n) is 2.07. The Bertz CT molecular complexity index is 556. The molecule has 1 aliphatic heterocycles. The Morgan fingerprint density at radius 1 is 1.48 bits per heavy atom. The number of anilines is 1. The van der Waals surface area contributed by atoms with E-state index in [2.05, 4.69) is 22.6 Å². The highest BCUT2D eigenvalue weighted by molar-refractivity contribution is 14.1. The summed E-state index contributed by atoms with van der Waals surface area (Å²) in [7, 11) is 3.89. The van der Waals surface area contributed by atoms with Crippen LogP contribution in [0.2, 0.25) is 0 Å². The highest BCUT2D eigenvalue weighted by Gasteiger charge is 2.28. The Morgan fingerprint density at radius 2 is 2.24 bits per heavy atom. The summed E-state index contributed by atoms with van der Waals surface area (Å²) in [6.07, 6.45) is 3.37. The predicted molar refractivity (Wildman–Crippen MR) is 93.7 cm³/mol. The SMILES string of the molecule is CN(C)C/C=C/C(=O)N1CCN(c2ccsc2I)C(=O)C1. The van der Waals surface area contributed by atoms with Crippen molar-refractivity contribution in [2.75, 3.05) is 45.2 Å². The third-order valence-electron chi connectivity index (χ3n) is 3.15. The molecule has 7 heteroatoms. The number of rotatable bonds is 4. The Labute approximate surface area is 142 Å². The van der Waals surface area contributed by atoms with Gasteiger partial charge in [0, 0.05) is 25.7 Å². The average Bonchev–Trinajstić information content (AvgIpc) is 2.84. The van der Waals surface area contributed by atoms with Crippen LogP contribution in [-0.2, 0) is 9.59 Å². The average molecular weight is 419 g/mol. The number of halogens is 1. The second kappa shape index (κ2) is 7.37. The van der Waals surface area contributed by atoms with E-state index in [1.165, 1.54) is 0 Å². The van der Waals surface area contributed by atoms with Crippen LogP contribution in [0.25, 0.3) is 0 Å². The molecule has 1 saturated heterocycles. The number of carbonyl (C=O) groups is 2. The molecule has 0 radical (unpaired) electrons. The van der Waals surface area contributed by atoms with Crippen molar-refractivity contribution in [3.05, 3.63) is 26.5 Å². The number of likely N-dealkylation sites (N-methyl/N-ethyl adjacent to an activating group) is 1. The van der Waals surface area contributed by atoms with Gasteiger partial charge in [0.2, 0.25) is 11.8 Å². The third kappa shape index (κ3) is 4.27. The molecule has 1 fully saturated rings. The van der Waals surface area contributed by atoms with Crippen molar-refractivity contribution in [1.29, 1.82) is 0 Å². The molecule has 0 spiro atoms. The Morgan fingerprint density at radius 3 is 2.81 bits per heavy atom. The van der Waals surface area contributed by atoms with Crippen LogP contribution in [0, 0.1) is 2.88 Å². The lowest BCUT2D eigenvalue weighted by Gasteiger charge is -2.33. The standard InChI is InChI=1S/C14H18IN3O2S/c1-16(2)6-3-4-12(19)17-7-8-18(13(20)10-17)11-5-9-21-14(11)15/h3-5,9H,6-8,10H2,1-2H3/b4-3+. The van der Waals surface area contributed by atoms with E-state index in [4.69, 9.17) is 0 Å². The van der Waals surface area contributed by atoms with Gasteiger partial charge in [-0.1, -0.05) is 6.08 Å². The number of hydrogen-bond acceptors (Lipinski definition) is 4. The van der Waals surface area contributed by atoms with E-state index in [1.807, 2.05) is 36.5 Å². The fraction of sp³-hybridized carbons (Fsp3) is 0.429.